The number of nitrogens with zero attached hydrogens (tertiary/aromatic N) is 3. The highest BCUT2D eigenvalue weighted by molar-refractivity contribution is 5.72. The van der Waals surface area contributed by atoms with Gasteiger partial charge in [0.15, 0.2) is 5.65 Å². The lowest BCUT2D eigenvalue weighted by Crippen LogP contribution is -2.20. The summed E-state index contributed by atoms with van der Waals surface area (Å²) >= 11 is 0. The van der Waals surface area contributed by atoms with Gasteiger partial charge in [-0.15, -0.1) is 0 Å². The number of aromatic nitrogens is 4. The molecule has 18 heavy (non-hydrogen) atoms. The molecule has 7 nitrogen and oxygen atoms in total. The van der Waals surface area contributed by atoms with E-state index in [9.17, 15) is 4.79 Å². The van der Waals surface area contributed by atoms with Crippen molar-refractivity contribution in [2.24, 2.45) is 5.73 Å². The highest BCUT2D eigenvalue weighted by Gasteiger charge is 2.27. The topological polar surface area (TPSA) is 98.8 Å². The van der Waals surface area contributed by atoms with Crippen molar-refractivity contribution >= 4 is 11.2 Å². The molecule has 0 radical (unpaired) electrons. The molecule has 1 aliphatic heterocycles. The Morgan fingerprint density at radius 1 is 1.61 bits per heavy atom. The van der Waals surface area contributed by atoms with Crippen LogP contribution in [0.15, 0.2) is 11.1 Å². The molecule has 0 aromatic carbocycles. The van der Waals surface area contributed by atoms with Crippen LogP contribution in [0.1, 0.15) is 24.8 Å². The van der Waals surface area contributed by atoms with E-state index in [4.69, 9.17) is 10.5 Å². The van der Waals surface area contributed by atoms with Gasteiger partial charge in [-0.05, 0) is 19.8 Å². The van der Waals surface area contributed by atoms with Gasteiger partial charge in [-0.3, -0.25) is 4.57 Å². The summed E-state index contributed by atoms with van der Waals surface area (Å²) in [7, 11) is 0. The van der Waals surface area contributed by atoms with Crippen LogP contribution in [0.5, 0.6) is 0 Å². The van der Waals surface area contributed by atoms with Crippen molar-refractivity contribution in [3.05, 3.63) is 22.5 Å². The lowest BCUT2D eigenvalue weighted by molar-refractivity contribution is 0.00865. The van der Waals surface area contributed by atoms with E-state index in [1.165, 1.54) is 0 Å². The summed E-state index contributed by atoms with van der Waals surface area (Å²) in [6.45, 7) is 2.32. The molecule has 96 valence electrons. The Hall–Kier alpha value is -1.73. The fourth-order valence-corrected chi connectivity index (χ4v) is 2.35. The highest BCUT2D eigenvalue weighted by Crippen LogP contribution is 2.29. The minimum absolute atomic E-state index is 0.0792. The van der Waals surface area contributed by atoms with Gasteiger partial charge in [0, 0.05) is 12.2 Å². The van der Waals surface area contributed by atoms with Crippen molar-refractivity contribution in [3.8, 4) is 0 Å². The van der Waals surface area contributed by atoms with Gasteiger partial charge in [-0.2, -0.15) is 4.98 Å². The lowest BCUT2D eigenvalue weighted by Gasteiger charge is -2.13. The van der Waals surface area contributed by atoms with Gasteiger partial charge < -0.3 is 15.5 Å². The number of nitrogens with one attached hydrogen (secondary N) is 1. The molecular weight excluding hydrogens is 234 g/mol. The van der Waals surface area contributed by atoms with Crippen molar-refractivity contribution in [1.29, 1.82) is 0 Å². The smallest absolute Gasteiger partial charge is 0.347 e. The second kappa shape index (κ2) is 4.18. The van der Waals surface area contributed by atoms with E-state index in [2.05, 4.69) is 15.0 Å². The van der Waals surface area contributed by atoms with Gasteiger partial charge in [-0.25, -0.2) is 9.78 Å². The second-order valence-corrected chi connectivity index (χ2v) is 4.52. The molecule has 0 aliphatic carbocycles. The van der Waals surface area contributed by atoms with Gasteiger partial charge in [0.05, 0.1) is 12.4 Å². The van der Waals surface area contributed by atoms with E-state index < -0.39 is 0 Å². The van der Waals surface area contributed by atoms with Gasteiger partial charge in [0.25, 0.3) is 0 Å². The number of aryl methyl sites for hydroxylation is 1. The fraction of sp³-hybridized carbons (Fsp3) is 0.545. The van der Waals surface area contributed by atoms with E-state index in [-0.39, 0.29) is 18.0 Å². The number of rotatable bonds is 2. The molecule has 1 aliphatic rings. The van der Waals surface area contributed by atoms with Gasteiger partial charge in [0.2, 0.25) is 0 Å². The van der Waals surface area contributed by atoms with Crippen LogP contribution < -0.4 is 11.4 Å². The van der Waals surface area contributed by atoms with Crippen LogP contribution in [0, 0.1) is 6.92 Å². The van der Waals surface area contributed by atoms with Crippen molar-refractivity contribution in [2.75, 3.05) is 6.54 Å². The Bertz CT molecular complexity index is 632. The third kappa shape index (κ3) is 1.72. The van der Waals surface area contributed by atoms with Crippen molar-refractivity contribution < 1.29 is 4.74 Å². The largest absolute Gasteiger partial charge is 0.353 e. The highest BCUT2D eigenvalue weighted by atomic mass is 16.5. The zero-order valence-electron chi connectivity index (χ0n) is 10.1. The molecule has 0 saturated carbocycles. The summed E-state index contributed by atoms with van der Waals surface area (Å²) in [5, 5.41) is 0. The molecule has 1 saturated heterocycles. The van der Waals surface area contributed by atoms with E-state index in [1.54, 1.807) is 13.3 Å². The predicted octanol–water partition coefficient (Wildman–Crippen LogP) is 0.0643. The third-order valence-electron chi connectivity index (χ3n) is 3.28. The maximum absolute atomic E-state index is 11.4. The van der Waals surface area contributed by atoms with Gasteiger partial charge >= 0.3 is 5.69 Å². The molecule has 3 rings (SSSR count). The maximum atomic E-state index is 11.4. The number of H-pyrrole nitrogens is 1. The van der Waals surface area contributed by atoms with Gasteiger partial charge in [0.1, 0.15) is 11.7 Å². The minimum atomic E-state index is -0.366. The summed E-state index contributed by atoms with van der Waals surface area (Å²) in [6, 6.07) is 0. The molecule has 7 heteroatoms. The summed E-state index contributed by atoms with van der Waals surface area (Å²) < 4.78 is 7.60. The normalized spacial score (nSPS) is 23.9. The van der Waals surface area contributed by atoms with Crippen LogP contribution in [0.2, 0.25) is 0 Å². The molecule has 3 heterocycles. The molecule has 2 aromatic heterocycles. The molecule has 3 N–H and O–H groups in total. The first-order chi connectivity index (χ1) is 8.69. The lowest BCUT2D eigenvalue weighted by atomic mass is 10.2. The quantitative estimate of drug-likeness (QED) is 0.784. The van der Waals surface area contributed by atoms with E-state index >= 15 is 0 Å². The van der Waals surface area contributed by atoms with E-state index in [1.807, 2.05) is 4.57 Å². The molecule has 0 amide bonds. The van der Waals surface area contributed by atoms with E-state index in [0.29, 0.717) is 17.7 Å². The standard InChI is InChI=1S/C11H15N5O2/c1-6-9-10(15-11(17)14-6)16(5-13-9)8-3-2-7(4-12)18-8/h5,7-8H,2-4,12H2,1H3,(H,14,15,17)/t7-,8?/m0/s1. The first kappa shape index (κ1) is 11.4. The Morgan fingerprint density at radius 2 is 2.44 bits per heavy atom. The summed E-state index contributed by atoms with van der Waals surface area (Å²) in [5.74, 6) is 0. The Labute approximate surface area is 103 Å². The van der Waals surface area contributed by atoms with Crippen LogP contribution in [-0.2, 0) is 4.74 Å². The van der Waals surface area contributed by atoms with Crippen LogP contribution in [0.25, 0.3) is 11.2 Å². The average molecular weight is 249 g/mol. The summed E-state index contributed by atoms with van der Waals surface area (Å²) in [4.78, 5) is 22.3. The summed E-state index contributed by atoms with van der Waals surface area (Å²) in [5.41, 5.74) is 7.22. The zero-order valence-corrected chi connectivity index (χ0v) is 10.1. The number of aromatic amines is 1. The van der Waals surface area contributed by atoms with Crippen LogP contribution in [0.4, 0.5) is 0 Å². The first-order valence-electron chi connectivity index (χ1n) is 5.98. The molecule has 0 spiro atoms. The van der Waals surface area contributed by atoms with Crippen molar-refractivity contribution in [3.63, 3.8) is 0 Å². The van der Waals surface area contributed by atoms with Crippen LogP contribution in [0.3, 0.4) is 0 Å². The minimum Gasteiger partial charge on any atom is -0.353 e. The molecule has 0 bridgehead atoms. The van der Waals surface area contributed by atoms with Crippen molar-refractivity contribution in [1.82, 2.24) is 19.5 Å². The van der Waals surface area contributed by atoms with Crippen LogP contribution >= 0.6 is 0 Å². The molecule has 1 unspecified atom stereocenters. The molecule has 1 fully saturated rings. The maximum Gasteiger partial charge on any atom is 0.347 e. The predicted molar refractivity (Wildman–Crippen MR) is 65.1 cm³/mol. The number of hydrogen-bond donors (Lipinski definition) is 2. The van der Waals surface area contributed by atoms with Crippen molar-refractivity contribution in [2.45, 2.75) is 32.1 Å². The molecule has 2 atom stereocenters. The van der Waals surface area contributed by atoms with Gasteiger partial charge in [-0.1, -0.05) is 0 Å². The number of hydrogen-bond acceptors (Lipinski definition) is 5. The number of ether oxygens (including phenoxy) is 1. The number of imidazole rings is 1. The second-order valence-electron chi connectivity index (χ2n) is 4.52. The molecular formula is C11H15N5O2. The Balaban J connectivity index is 2.05. The Kier molecular flexibility index (Phi) is 2.64. The summed E-state index contributed by atoms with van der Waals surface area (Å²) in [6.07, 6.45) is 3.40. The molecule has 2 aromatic rings. The number of nitrogens with two attached hydrogens (primary N) is 1. The fourth-order valence-electron chi connectivity index (χ4n) is 2.35. The number of fused-ring (bicyclic) bond motifs is 1. The van der Waals surface area contributed by atoms with E-state index in [0.717, 1.165) is 18.5 Å². The first-order valence-corrected chi connectivity index (χ1v) is 5.98. The van der Waals surface area contributed by atoms with Crippen LogP contribution in [-0.4, -0.2) is 32.2 Å². The zero-order chi connectivity index (χ0) is 12.7. The monoisotopic (exact) mass is 249 g/mol. The SMILES string of the molecule is Cc1[nH]c(=O)nc2c1ncn2C1CC[C@@H](CN)O1. The third-order valence-corrected chi connectivity index (χ3v) is 3.28. The average Bonchev–Trinajstić information content (AvgIpc) is 2.93. The Morgan fingerprint density at radius 3 is 3.17 bits per heavy atom.